The van der Waals surface area contributed by atoms with Crippen LogP contribution in [0, 0.1) is 0 Å². The van der Waals surface area contributed by atoms with Gasteiger partial charge in [-0.1, -0.05) is 12.2 Å². The van der Waals surface area contributed by atoms with E-state index in [2.05, 4.69) is 12.6 Å². The van der Waals surface area contributed by atoms with Crippen molar-refractivity contribution in [2.24, 2.45) is 0 Å². The van der Waals surface area contributed by atoms with Gasteiger partial charge in [0.2, 0.25) is 0 Å². The van der Waals surface area contributed by atoms with E-state index in [0.29, 0.717) is 16.9 Å². The number of aliphatic carboxylic acids is 1. The predicted octanol–water partition coefficient (Wildman–Crippen LogP) is 1.60. The van der Waals surface area contributed by atoms with Crippen LogP contribution in [0.2, 0.25) is 0 Å². The number of hydrogen-bond acceptors (Lipinski definition) is 2. The summed E-state index contributed by atoms with van der Waals surface area (Å²) in [6, 6.07) is 0. The molecule has 10 heavy (non-hydrogen) atoms. The summed E-state index contributed by atoms with van der Waals surface area (Å²) in [7, 11) is 0. The van der Waals surface area contributed by atoms with Crippen LogP contribution in [-0.4, -0.2) is 11.1 Å². The highest BCUT2D eigenvalue weighted by atomic mass is 32.1. The highest BCUT2D eigenvalue weighted by Gasteiger charge is 2.11. The number of rotatable bonds is 1. The van der Waals surface area contributed by atoms with Crippen molar-refractivity contribution in [3.05, 3.63) is 22.6 Å². The van der Waals surface area contributed by atoms with E-state index >= 15 is 0 Å². The monoisotopic (exact) mass is 156 g/mol. The van der Waals surface area contributed by atoms with Gasteiger partial charge in [0.15, 0.2) is 0 Å². The summed E-state index contributed by atoms with van der Waals surface area (Å²) in [6.45, 7) is 0. The fourth-order valence-corrected chi connectivity index (χ4v) is 1.18. The highest BCUT2D eigenvalue weighted by Crippen LogP contribution is 2.21. The molecule has 2 nitrogen and oxygen atoms in total. The van der Waals surface area contributed by atoms with E-state index in [0.717, 1.165) is 6.42 Å². The second-order valence-electron chi connectivity index (χ2n) is 2.11. The largest absolute Gasteiger partial charge is 0.478 e. The second-order valence-corrected chi connectivity index (χ2v) is 2.59. The van der Waals surface area contributed by atoms with Crippen molar-refractivity contribution >= 4 is 18.6 Å². The zero-order valence-corrected chi connectivity index (χ0v) is 6.27. The second kappa shape index (κ2) is 2.92. The van der Waals surface area contributed by atoms with Crippen molar-refractivity contribution in [3.63, 3.8) is 0 Å². The molecule has 0 bridgehead atoms. The first kappa shape index (κ1) is 7.41. The third-order valence-corrected chi connectivity index (χ3v) is 1.82. The molecule has 0 aromatic carbocycles. The van der Waals surface area contributed by atoms with Gasteiger partial charge >= 0.3 is 5.97 Å². The molecule has 0 spiro atoms. The lowest BCUT2D eigenvalue weighted by atomic mass is 10.1. The first-order chi connectivity index (χ1) is 4.72. The van der Waals surface area contributed by atoms with Gasteiger partial charge in [-0.15, -0.1) is 12.6 Å². The molecule has 0 aliphatic heterocycles. The van der Waals surface area contributed by atoms with Crippen LogP contribution in [0.1, 0.15) is 12.8 Å². The maximum atomic E-state index is 10.4. The fraction of sp³-hybridized carbons (Fsp3) is 0.286. The first-order valence-corrected chi connectivity index (χ1v) is 3.48. The normalized spacial score (nSPS) is 17.7. The highest BCUT2D eigenvalue weighted by molar-refractivity contribution is 7.84. The summed E-state index contributed by atoms with van der Waals surface area (Å²) in [4.78, 5) is 11.0. The van der Waals surface area contributed by atoms with Gasteiger partial charge in [-0.3, -0.25) is 0 Å². The Kier molecular flexibility index (Phi) is 2.17. The van der Waals surface area contributed by atoms with Gasteiger partial charge in [-0.25, -0.2) is 4.79 Å². The van der Waals surface area contributed by atoms with Crippen LogP contribution in [0.25, 0.3) is 0 Å². The SMILES string of the molecule is O=C(O)C1=C(S)C=CCC1. The Morgan fingerprint density at radius 1 is 1.70 bits per heavy atom. The van der Waals surface area contributed by atoms with E-state index in [1.807, 2.05) is 6.08 Å². The molecule has 0 aromatic heterocycles. The van der Waals surface area contributed by atoms with Gasteiger partial charge in [-0.2, -0.15) is 0 Å². The number of carbonyl (C=O) groups is 1. The molecule has 0 saturated carbocycles. The lowest BCUT2D eigenvalue weighted by Crippen LogP contribution is -2.03. The number of carboxylic acids is 1. The van der Waals surface area contributed by atoms with Gasteiger partial charge in [0.05, 0.1) is 5.57 Å². The number of allylic oxidation sites excluding steroid dienone is 2. The van der Waals surface area contributed by atoms with Crippen molar-refractivity contribution in [3.8, 4) is 0 Å². The minimum atomic E-state index is -0.852. The molecule has 54 valence electrons. The molecule has 0 aromatic rings. The lowest BCUT2D eigenvalue weighted by molar-refractivity contribution is -0.132. The van der Waals surface area contributed by atoms with Crippen LogP contribution in [0.5, 0.6) is 0 Å². The van der Waals surface area contributed by atoms with Crippen LogP contribution in [-0.2, 0) is 4.79 Å². The molecular weight excluding hydrogens is 148 g/mol. The lowest BCUT2D eigenvalue weighted by Gasteiger charge is -2.06. The molecule has 0 heterocycles. The fourth-order valence-electron chi connectivity index (χ4n) is 0.868. The van der Waals surface area contributed by atoms with E-state index in [1.54, 1.807) is 6.08 Å². The Hall–Kier alpha value is -0.700. The minimum Gasteiger partial charge on any atom is -0.478 e. The topological polar surface area (TPSA) is 37.3 Å². The predicted molar refractivity (Wildman–Crippen MR) is 42.0 cm³/mol. The molecule has 0 fully saturated rings. The Morgan fingerprint density at radius 2 is 2.40 bits per heavy atom. The van der Waals surface area contributed by atoms with Crippen molar-refractivity contribution < 1.29 is 9.90 Å². The number of hydrogen-bond donors (Lipinski definition) is 2. The van der Waals surface area contributed by atoms with Crippen LogP contribution in [0.3, 0.4) is 0 Å². The maximum absolute atomic E-state index is 10.4. The van der Waals surface area contributed by atoms with Crippen LogP contribution in [0.4, 0.5) is 0 Å². The summed E-state index contributed by atoms with van der Waals surface area (Å²) in [5.41, 5.74) is 0.422. The Morgan fingerprint density at radius 3 is 2.80 bits per heavy atom. The summed E-state index contributed by atoms with van der Waals surface area (Å²) < 4.78 is 0. The first-order valence-electron chi connectivity index (χ1n) is 3.04. The van der Waals surface area contributed by atoms with Crippen molar-refractivity contribution in [1.29, 1.82) is 0 Å². The third kappa shape index (κ3) is 1.42. The van der Waals surface area contributed by atoms with E-state index < -0.39 is 5.97 Å². The Bertz CT molecular complexity index is 216. The van der Waals surface area contributed by atoms with E-state index in [9.17, 15) is 4.79 Å². The van der Waals surface area contributed by atoms with Crippen molar-refractivity contribution in [2.75, 3.05) is 0 Å². The van der Waals surface area contributed by atoms with Crippen LogP contribution in [0.15, 0.2) is 22.6 Å². The molecule has 0 atom stereocenters. The third-order valence-electron chi connectivity index (χ3n) is 1.40. The van der Waals surface area contributed by atoms with Gasteiger partial charge < -0.3 is 5.11 Å². The zero-order chi connectivity index (χ0) is 7.56. The van der Waals surface area contributed by atoms with Gasteiger partial charge in [0, 0.05) is 4.91 Å². The maximum Gasteiger partial charge on any atom is 0.332 e. The van der Waals surface area contributed by atoms with E-state index in [1.165, 1.54) is 0 Å². The Labute approximate surface area is 64.7 Å². The van der Waals surface area contributed by atoms with E-state index in [4.69, 9.17) is 5.11 Å². The molecular formula is C7H8O2S. The average molecular weight is 156 g/mol. The van der Waals surface area contributed by atoms with Crippen molar-refractivity contribution in [1.82, 2.24) is 0 Å². The molecule has 0 unspecified atom stereocenters. The average Bonchev–Trinajstić information content (AvgIpc) is 1.88. The standard InChI is InChI=1S/C7H8O2S/c8-7(9)5-3-1-2-4-6(5)10/h2,4,10H,1,3H2,(H,8,9). The van der Waals surface area contributed by atoms with Crippen molar-refractivity contribution in [2.45, 2.75) is 12.8 Å². The molecule has 1 aliphatic rings. The summed E-state index contributed by atoms with van der Waals surface area (Å²) >= 11 is 4.01. The minimum absolute atomic E-state index is 0.422. The number of thiol groups is 1. The molecule has 1 rings (SSSR count). The Balaban J connectivity index is 2.89. The summed E-state index contributed by atoms with van der Waals surface area (Å²) in [6.07, 6.45) is 5.07. The molecule has 3 heteroatoms. The molecule has 1 N–H and O–H groups in total. The van der Waals surface area contributed by atoms with E-state index in [-0.39, 0.29) is 0 Å². The molecule has 1 aliphatic carbocycles. The molecule has 0 amide bonds. The quantitative estimate of drug-likeness (QED) is 0.566. The van der Waals surface area contributed by atoms with Crippen LogP contribution >= 0.6 is 12.6 Å². The smallest absolute Gasteiger partial charge is 0.332 e. The van der Waals surface area contributed by atoms with Crippen LogP contribution < -0.4 is 0 Å². The summed E-state index contributed by atoms with van der Waals surface area (Å²) in [5, 5.41) is 8.57. The molecule has 0 radical (unpaired) electrons. The van der Waals surface area contributed by atoms with Gasteiger partial charge in [0.25, 0.3) is 0 Å². The number of carboxylic acid groups (broad SMARTS) is 1. The summed E-state index contributed by atoms with van der Waals surface area (Å²) in [5.74, 6) is -0.852. The van der Waals surface area contributed by atoms with Gasteiger partial charge in [-0.05, 0) is 12.8 Å². The molecule has 0 saturated heterocycles. The van der Waals surface area contributed by atoms with Gasteiger partial charge in [0.1, 0.15) is 0 Å². The zero-order valence-electron chi connectivity index (χ0n) is 5.37.